The van der Waals surface area contributed by atoms with Crippen molar-refractivity contribution >= 4 is 51.2 Å². The van der Waals surface area contributed by atoms with Gasteiger partial charge in [-0.05, 0) is 76.0 Å². The molecule has 4 N–H and O–H groups in total. The second kappa shape index (κ2) is 16.5. The molecular weight excluding hydrogens is 671 g/mol. The van der Waals surface area contributed by atoms with E-state index in [1.165, 1.54) is 11.3 Å². The number of nitrogens with zero attached hydrogens (tertiary/aromatic N) is 4. The fourth-order valence-corrected chi connectivity index (χ4v) is 7.49. The number of aliphatic hydroxyl groups excluding tert-OH is 4. The number of aliphatic hydroxyl groups is 4. The van der Waals surface area contributed by atoms with Crippen LogP contribution in [0.4, 0.5) is 0 Å². The normalized spacial score (nSPS) is 17.4. The van der Waals surface area contributed by atoms with E-state index in [-0.39, 0.29) is 11.8 Å². The van der Waals surface area contributed by atoms with Crippen LogP contribution in [0.5, 0.6) is 0 Å². The van der Waals surface area contributed by atoms with Crippen molar-refractivity contribution in [1.82, 2.24) is 14.7 Å². The predicted molar refractivity (Wildman–Crippen MR) is 190 cm³/mol. The van der Waals surface area contributed by atoms with Gasteiger partial charge in [0.1, 0.15) is 18.3 Å². The fourth-order valence-electron chi connectivity index (χ4n) is 6.49. The van der Waals surface area contributed by atoms with Gasteiger partial charge in [-0.1, -0.05) is 53.5 Å². The molecule has 1 amide bonds. The number of carbonyl (C=O) groups is 1. The molecular formula is C36H40Cl2N4O5S. The highest BCUT2D eigenvalue weighted by Gasteiger charge is 2.37. The number of likely N-dealkylation sites (N-methyl/N-ethyl adjacent to an activating group) is 1. The summed E-state index contributed by atoms with van der Waals surface area (Å²) in [7, 11) is 1.78. The van der Waals surface area contributed by atoms with Gasteiger partial charge in [-0.15, -0.1) is 0 Å². The van der Waals surface area contributed by atoms with Gasteiger partial charge in [0, 0.05) is 51.3 Å². The first-order valence-electron chi connectivity index (χ1n) is 15.9. The fraction of sp³-hybridized carbons (Fsp3) is 0.389. The van der Waals surface area contributed by atoms with Crippen LogP contribution in [0.25, 0.3) is 10.8 Å². The number of carbonyl (C=O) groups excluding carboxylic acids is 1. The molecule has 0 bridgehead atoms. The lowest BCUT2D eigenvalue weighted by molar-refractivity contribution is -0.108. The molecule has 4 aromatic rings. The average Bonchev–Trinajstić information content (AvgIpc) is 3.64. The predicted octanol–water partition coefficient (Wildman–Crippen LogP) is 4.76. The van der Waals surface area contributed by atoms with Crippen LogP contribution in [-0.4, -0.2) is 112 Å². The highest BCUT2D eigenvalue weighted by atomic mass is 35.5. The van der Waals surface area contributed by atoms with Gasteiger partial charge in [-0.25, -0.2) is 0 Å². The summed E-state index contributed by atoms with van der Waals surface area (Å²) in [5.41, 5.74) is 2.73. The van der Waals surface area contributed by atoms with Gasteiger partial charge in [-0.3, -0.25) is 9.69 Å². The third-order valence-corrected chi connectivity index (χ3v) is 10.7. The van der Waals surface area contributed by atoms with Crippen molar-refractivity contribution < 1.29 is 25.2 Å². The number of fused-ring (bicyclic) bond motifs is 1. The summed E-state index contributed by atoms with van der Waals surface area (Å²) in [6.07, 6.45) is -3.50. The Bertz CT molecular complexity index is 1730. The number of benzene rings is 3. The number of hydrogen-bond acceptors (Lipinski definition) is 9. The van der Waals surface area contributed by atoms with E-state index in [2.05, 4.69) is 15.9 Å². The van der Waals surface area contributed by atoms with Crippen LogP contribution < -0.4 is 0 Å². The summed E-state index contributed by atoms with van der Waals surface area (Å²) in [5.74, 6) is -0.235. The van der Waals surface area contributed by atoms with Crippen molar-refractivity contribution in [3.8, 4) is 6.07 Å². The summed E-state index contributed by atoms with van der Waals surface area (Å²) < 4.78 is 0. The van der Waals surface area contributed by atoms with Crippen LogP contribution in [0.3, 0.4) is 0 Å². The minimum atomic E-state index is -1.50. The first-order valence-corrected chi connectivity index (χ1v) is 17.6. The Morgan fingerprint density at radius 1 is 0.979 bits per heavy atom. The van der Waals surface area contributed by atoms with E-state index in [9.17, 15) is 30.5 Å². The number of rotatable bonds is 13. The molecule has 12 heteroatoms. The molecule has 0 aliphatic carbocycles. The van der Waals surface area contributed by atoms with Gasteiger partial charge >= 0.3 is 0 Å². The topological polar surface area (TPSA) is 132 Å². The number of nitriles is 1. The third-order valence-electron chi connectivity index (χ3n) is 9.21. The first kappa shape index (κ1) is 36.2. The Morgan fingerprint density at radius 3 is 2.40 bits per heavy atom. The largest absolute Gasteiger partial charge is 0.394 e. The van der Waals surface area contributed by atoms with Gasteiger partial charge in [0.2, 0.25) is 0 Å². The van der Waals surface area contributed by atoms with Crippen molar-refractivity contribution in [2.24, 2.45) is 0 Å². The lowest BCUT2D eigenvalue weighted by Gasteiger charge is -2.42. The minimum Gasteiger partial charge on any atom is -0.394 e. The van der Waals surface area contributed by atoms with Crippen molar-refractivity contribution in [2.45, 2.75) is 36.7 Å². The molecule has 254 valence electrons. The molecule has 1 aliphatic rings. The Morgan fingerprint density at radius 2 is 1.73 bits per heavy atom. The Labute approximate surface area is 294 Å². The molecule has 0 unspecified atom stereocenters. The number of hydrogen-bond donors (Lipinski definition) is 4. The van der Waals surface area contributed by atoms with Crippen LogP contribution >= 0.6 is 34.5 Å². The van der Waals surface area contributed by atoms with E-state index in [0.717, 1.165) is 34.9 Å². The van der Waals surface area contributed by atoms with Crippen LogP contribution in [-0.2, 0) is 0 Å². The molecule has 5 rings (SSSR count). The maximum atomic E-state index is 13.9. The Kier molecular flexibility index (Phi) is 12.5. The molecule has 2 heterocycles. The summed E-state index contributed by atoms with van der Waals surface area (Å²) in [6, 6.07) is 20.1. The maximum Gasteiger partial charge on any atom is 0.254 e. The molecule has 48 heavy (non-hydrogen) atoms. The highest BCUT2D eigenvalue weighted by molar-refractivity contribution is 7.08. The third kappa shape index (κ3) is 8.37. The molecule has 1 saturated heterocycles. The number of amides is 1. The molecule has 1 fully saturated rings. The lowest BCUT2D eigenvalue weighted by atomic mass is 9.93. The zero-order valence-corrected chi connectivity index (χ0v) is 29.0. The molecule has 1 aromatic heterocycles. The molecule has 0 spiro atoms. The molecule has 5 atom stereocenters. The quantitative estimate of drug-likeness (QED) is 0.156. The SMILES string of the molecule is CN(C[C@@H](CCN1CCN([C@@H](c2ccsc2)[C@H](O)[C@H](O)[C@H](O)CO)CC1)c1ccc(Cl)c(Cl)c1)C(=O)c1cc(C#N)cc2ccccc12. The number of piperazine rings is 1. The van der Waals surface area contributed by atoms with Crippen molar-refractivity contribution in [3.05, 3.63) is 104 Å². The van der Waals surface area contributed by atoms with Crippen molar-refractivity contribution in [2.75, 3.05) is 52.9 Å². The van der Waals surface area contributed by atoms with Gasteiger partial charge in [0.25, 0.3) is 5.91 Å². The Balaban J connectivity index is 1.29. The first-order chi connectivity index (χ1) is 23.1. The van der Waals surface area contributed by atoms with E-state index in [1.807, 2.05) is 53.2 Å². The van der Waals surface area contributed by atoms with E-state index < -0.39 is 31.0 Å². The van der Waals surface area contributed by atoms with Crippen LogP contribution in [0.15, 0.2) is 71.4 Å². The van der Waals surface area contributed by atoms with Crippen molar-refractivity contribution in [3.63, 3.8) is 0 Å². The molecule has 9 nitrogen and oxygen atoms in total. The summed E-state index contributed by atoms with van der Waals surface area (Å²) in [5, 5.41) is 57.0. The van der Waals surface area contributed by atoms with Gasteiger partial charge < -0.3 is 30.2 Å². The molecule has 0 saturated carbocycles. The number of halogens is 2. The summed E-state index contributed by atoms with van der Waals surface area (Å²) >= 11 is 14.2. The minimum absolute atomic E-state index is 0.0624. The van der Waals surface area contributed by atoms with Crippen LogP contribution in [0.1, 0.15) is 45.4 Å². The lowest BCUT2D eigenvalue weighted by Crippen LogP contribution is -2.53. The molecule has 1 aliphatic heterocycles. The molecule has 3 aromatic carbocycles. The van der Waals surface area contributed by atoms with Gasteiger partial charge in [-0.2, -0.15) is 16.6 Å². The van der Waals surface area contributed by atoms with Crippen LogP contribution in [0, 0.1) is 11.3 Å². The van der Waals surface area contributed by atoms with Gasteiger partial charge in [0.15, 0.2) is 0 Å². The average molecular weight is 712 g/mol. The number of thiophene rings is 1. The standard InChI is InChI=1S/C36H40Cl2N4O5S/c1-40(36(47)29-17-23(19-39)16-25-4-2-3-5-28(25)29)20-26(24-6-7-30(37)31(38)18-24)8-10-41-11-13-42(14-12-41)33(27-9-15-48-22-27)35(46)34(45)32(44)21-43/h2-7,9,15-18,22,26,32-35,43-46H,8,10-14,20-21H2,1H3/t26-,32-,33+,34-,35+/m1/s1. The summed E-state index contributed by atoms with van der Waals surface area (Å²) in [6.45, 7) is 3.18. The maximum absolute atomic E-state index is 13.9. The van der Waals surface area contributed by atoms with E-state index >= 15 is 0 Å². The monoisotopic (exact) mass is 710 g/mol. The Hall–Kier alpha value is -3.08. The second-order valence-electron chi connectivity index (χ2n) is 12.3. The van der Waals surface area contributed by atoms with Gasteiger partial charge in [0.05, 0.1) is 34.3 Å². The smallest absolute Gasteiger partial charge is 0.254 e. The zero-order valence-electron chi connectivity index (χ0n) is 26.6. The second-order valence-corrected chi connectivity index (χ2v) is 13.9. The highest BCUT2D eigenvalue weighted by Crippen LogP contribution is 2.32. The van der Waals surface area contributed by atoms with E-state index in [4.69, 9.17) is 23.2 Å². The summed E-state index contributed by atoms with van der Waals surface area (Å²) in [4.78, 5) is 20.0. The van der Waals surface area contributed by atoms with E-state index in [0.29, 0.717) is 53.9 Å². The molecule has 0 radical (unpaired) electrons. The van der Waals surface area contributed by atoms with Crippen LogP contribution in [0.2, 0.25) is 10.0 Å². The zero-order chi connectivity index (χ0) is 34.4. The van der Waals surface area contributed by atoms with E-state index in [1.54, 1.807) is 30.1 Å². The van der Waals surface area contributed by atoms with Crippen molar-refractivity contribution in [1.29, 1.82) is 5.26 Å².